The van der Waals surface area contributed by atoms with Crippen LogP contribution in [0.4, 0.5) is 0 Å². The number of hydrogen-bond acceptors (Lipinski definition) is 3. The van der Waals surface area contributed by atoms with Crippen molar-refractivity contribution in [1.82, 2.24) is 0 Å². The molecular formula is C16H28O2S2. The first-order valence-corrected chi connectivity index (χ1v) is 8.58. The normalized spacial score (nSPS) is 11.3. The van der Waals surface area contributed by atoms with Crippen molar-refractivity contribution in [3.8, 4) is 0 Å². The van der Waals surface area contributed by atoms with Gasteiger partial charge in [0.05, 0.1) is 0 Å². The van der Waals surface area contributed by atoms with E-state index in [4.69, 9.17) is 24.4 Å². The minimum Gasteiger partial charge on any atom is -0.480 e. The van der Waals surface area contributed by atoms with Crippen molar-refractivity contribution in [2.75, 3.05) is 0 Å². The molecule has 0 amide bonds. The molecule has 4 heteroatoms. The fourth-order valence-electron chi connectivity index (χ4n) is 2.48. The molecule has 0 fully saturated rings. The number of unbranched alkanes of at least 4 members (excludes halogenated alkanes) is 3. The Morgan fingerprint density at radius 1 is 0.900 bits per heavy atom. The Kier molecular flexibility index (Phi) is 10.2. The SMILES string of the molecule is CCCCCCC(C(=O)O)(C(=S)CCC)C(=S)CCC. The molecule has 0 unspecified atom stereocenters. The van der Waals surface area contributed by atoms with Crippen LogP contribution in [-0.4, -0.2) is 20.8 Å². The molecule has 0 saturated carbocycles. The van der Waals surface area contributed by atoms with Gasteiger partial charge in [0.2, 0.25) is 0 Å². The van der Waals surface area contributed by atoms with Gasteiger partial charge in [0.15, 0.2) is 0 Å². The van der Waals surface area contributed by atoms with Crippen molar-refractivity contribution in [2.24, 2.45) is 5.41 Å². The first-order chi connectivity index (χ1) is 9.47. The van der Waals surface area contributed by atoms with Gasteiger partial charge in [-0.2, -0.15) is 0 Å². The Balaban J connectivity index is 5.18. The number of carbonyl (C=O) groups is 1. The molecule has 0 bridgehead atoms. The quantitative estimate of drug-likeness (QED) is 0.388. The van der Waals surface area contributed by atoms with Gasteiger partial charge in [-0.25, -0.2) is 0 Å². The summed E-state index contributed by atoms with van der Waals surface area (Å²) in [6.07, 6.45) is 7.85. The molecule has 0 aromatic rings. The van der Waals surface area contributed by atoms with Crippen LogP contribution in [0.3, 0.4) is 0 Å². The zero-order valence-electron chi connectivity index (χ0n) is 13.0. The summed E-state index contributed by atoms with van der Waals surface area (Å²) in [5.74, 6) is -0.842. The van der Waals surface area contributed by atoms with Gasteiger partial charge in [0, 0.05) is 9.73 Å². The van der Waals surface area contributed by atoms with Gasteiger partial charge < -0.3 is 5.11 Å². The first kappa shape index (κ1) is 19.7. The number of rotatable bonds is 12. The van der Waals surface area contributed by atoms with Gasteiger partial charge in [-0.05, 0) is 19.3 Å². The largest absolute Gasteiger partial charge is 0.480 e. The van der Waals surface area contributed by atoms with Crippen LogP contribution in [0, 0.1) is 5.41 Å². The molecule has 2 nitrogen and oxygen atoms in total. The molecular weight excluding hydrogens is 288 g/mol. The summed E-state index contributed by atoms with van der Waals surface area (Å²) in [4.78, 5) is 13.2. The van der Waals surface area contributed by atoms with Crippen molar-refractivity contribution < 1.29 is 9.90 Å². The summed E-state index contributed by atoms with van der Waals surface area (Å²) in [7, 11) is 0. The van der Waals surface area contributed by atoms with E-state index in [1.807, 2.05) is 13.8 Å². The smallest absolute Gasteiger partial charge is 0.319 e. The first-order valence-electron chi connectivity index (χ1n) is 7.77. The third kappa shape index (κ3) is 5.21. The highest BCUT2D eigenvalue weighted by atomic mass is 32.1. The average molecular weight is 317 g/mol. The molecule has 0 aliphatic heterocycles. The summed E-state index contributed by atoms with van der Waals surface area (Å²) in [6, 6.07) is 0. The van der Waals surface area contributed by atoms with Crippen molar-refractivity contribution in [2.45, 2.75) is 78.6 Å². The molecule has 0 radical (unpaired) electrons. The summed E-state index contributed by atoms with van der Waals surface area (Å²) in [5, 5.41) is 9.80. The van der Waals surface area contributed by atoms with Crippen LogP contribution < -0.4 is 0 Å². The fraction of sp³-hybridized carbons (Fsp3) is 0.812. The lowest BCUT2D eigenvalue weighted by Crippen LogP contribution is -2.44. The van der Waals surface area contributed by atoms with Gasteiger partial charge in [-0.3, -0.25) is 4.79 Å². The van der Waals surface area contributed by atoms with Crippen molar-refractivity contribution >= 4 is 40.1 Å². The molecule has 20 heavy (non-hydrogen) atoms. The molecule has 0 atom stereocenters. The van der Waals surface area contributed by atoms with E-state index in [1.54, 1.807) is 0 Å². The Bertz CT molecular complexity index is 319. The monoisotopic (exact) mass is 316 g/mol. The topological polar surface area (TPSA) is 37.3 Å². The summed E-state index contributed by atoms with van der Waals surface area (Å²) in [5.41, 5.74) is -1.05. The number of carboxylic acids is 1. The lowest BCUT2D eigenvalue weighted by atomic mass is 9.74. The second-order valence-electron chi connectivity index (χ2n) is 5.37. The fourth-order valence-corrected chi connectivity index (χ4v) is 3.58. The number of carboxylic acid groups (broad SMARTS) is 1. The highest BCUT2D eigenvalue weighted by molar-refractivity contribution is 7.82. The molecule has 0 heterocycles. The van der Waals surface area contributed by atoms with Crippen LogP contribution in [0.1, 0.15) is 78.6 Å². The van der Waals surface area contributed by atoms with Crippen LogP contribution >= 0.6 is 24.4 Å². The summed E-state index contributed by atoms with van der Waals surface area (Å²) >= 11 is 10.9. The van der Waals surface area contributed by atoms with Crippen molar-refractivity contribution in [3.05, 3.63) is 0 Å². The van der Waals surface area contributed by atoms with Crippen molar-refractivity contribution in [1.29, 1.82) is 0 Å². The van der Waals surface area contributed by atoms with E-state index in [1.165, 1.54) is 0 Å². The predicted molar refractivity (Wildman–Crippen MR) is 93.8 cm³/mol. The van der Waals surface area contributed by atoms with E-state index in [-0.39, 0.29) is 0 Å². The summed E-state index contributed by atoms with van der Waals surface area (Å²) in [6.45, 7) is 6.20. The molecule has 0 saturated heterocycles. The highest BCUT2D eigenvalue weighted by Gasteiger charge is 2.44. The summed E-state index contributed by atoms with van der Waals surface area (Å²) < 4.78 is 0. The van der Waals surface area contributed by atoms with Crippen molar-refractivity contribution in [3.63, 3.8) is 0 Å². The Morgan fingerprint density at radius 3 is 1.75 bits per heavy atom. The predicted octanol–water partition coefficient (Wildman–Crippen LogP) is 5.37. The van der Waals surface area contributed by atoms with E-state index in [9.17, 15) is 9.90 Å². The maximum absolute atomic E-state index is 11.9. The van der Waals surface area contributed by atoms with Gasteiger partial charge in [-0.1, -0.05) is 83.7 Å². The minimum absolute atomic E-state index is 0.569. The second-order valence-corrected chi connectivity index (χ2v) is 6.35. The van der Waals surface area contributed by atoms with Gasteiger partial charge >= 0.3 is 5.97 Å². The van der Waals surface area contributed by atoms with E-state index >= 15 is 0 Å². The third-order valence-electron chi connectivity index (χ3n) is 3.68. The van der Waals surface area contributed by atoms with Gasteiger partial charge in [0.25, 0.3) is 0 Å². The van der Waals surface area contributed by atoms with E-state index in [2.05, 4.69) is 6.92 Å². The maximum Gasteiger partial charge on any atom is 0.319 e. The molecule has 116 valence electrons. The minimum atomic E-state index is -1.05. The molecule has 0 aromatic carbocycles. The Labute approximate surface area is 134 Å². The van der Waals surface area contributed by atoms with Crippen LogP contribution in [-0.2, 0) is 4.79 Å². The molecule has 0 spiro atoms. The molecule has 0 aromatic heterocycles. The van der Waals surface area contributed by atoms with E-state index in [0.717, 1.165) is 38.5 Å². The van der Waals surface area contributed by atoms with Crippen LogP contribution in [0.2, 0.25) is 0 Å². The van der Waals surface area contributed by atoms with E-state index < -0.39 is 11.4 Å². The zero-order valence-corrected chi connectivity index (χ0v) is 14.7. The average Bonchev–Trinajstić information content (AvgIpc) is 2.39. The molecule has 1 N–H and O–H groups in total. The number of aliphatic carboxylic acids is 1. The Hall–Kier alpha value is -0.350. The lowest BCUT2D eigenvalue weighted by Gasteiger charge is -2.31. The van der Waals surface area contributed by atoms with Gasteiger partial charge in [-0.15, -0.1) is 0 Å². The number of hydrogen-bond donors (Lipinski definition) is 1. The van der Waals surface area contributed by atoms with Gasteiger partial charge in [0.1, 0.15) is 5.41 Å². The zero-order chi connectivity index (χ0) is 15.6. The second kappa shape index (κ2) is 10.4. The van der Waals surface area contributed by atoms with E-state index in [0.29, 0.717) is 29.0 Å². The Morgan fingerprint density at radius 2 is 1.40 bits per heavy atom. The highest BCUT2D eigenvalue weighted by Crippen LogP contribution is 2.34. The number of thiocarbonyl (C=S) groups is 2. The van der Waals surface area contributed by atoms with Crippen LogP contribution in [0.25, 0.3) is 0 Å². The maximum atomic E-state index is 11.9. The molecule has 0 aliphatic carbocycles. The standard InChI is InChI=1S/C16H28O2S2/c1-4-7-8-9-12-16(15(17)18,13(19)10-5-2)14(20)11-6-3/h4-12H2,1-3H3,(H,17,18). The third-order valence-corrected chi connectivity index (χ3v) is 4.78. The lowest BCUT2D eigenvalue weighted by molar-refractivity contribution is -0.142. The van der Waals surface area contributed by atoms with Crippen LogP contribution in [0.5, 0.6) is 0 Å². The van der Waals surface area contributed by atoms with Crippen LogP contribution in [0.15, 0.2) is 0 Å². The molecule has 0 rings (SSSR count). The molecule has 0 aliphatic rings.